The smallest absolute Gasteiger partial charge is 0.449 e. The highest BCUT2D eigenvalue weighted by molar-refractivity contribution is 6.10. The highest BCUT2D eigenvalue weighted by Gasteiger charge is 2.12. The van der Waals surface area contributed by atoms with Crippen molar-refractivity contribution in [2.24, 2.45) is 0 Å². The number of fused-ring (bicyclic) bond motifs is 1. The zero-order valence-electron chi connectivity index (χ0n) is 10.9. The van der Waals surface area contributed by atoms with Gasteiger partial charge in [0.05, 0.1) is 5.69 Å². The van der Waals surface area contributed by atoms with Crippen LogP contribution in [0.25, 0.3) is 10.9 Å². The van der Waals surface area contributed by atoms with Crippen molar-refractivity contribution in [3.63, 3.8) is 0 Å². The summed E-state index contributed by atoms with van der Waals surface area (Å²) in [5.74, 6) is 0.0174. The number of hydrogen-bond donors (Lipinski definition) is 2. The van der Waals surface area contributed by atoms with Crippen LogP contribution in [0.3, 0.4) is 0 Å². The normalized spacial score (nSPS) is 10.5. The molecule has 1 heterocycles. The number of ether oxygens (including phenoxy) is 1. The molecule has 1 aromatic heterocycles. The van der Waals surface area contributed by atoms with E-state index in [1.165, 1.54) is 24.3 Å². The average Bonchev–Trinajstić information content (AvgIpc) is 2.90. The molecule has 5 nitrogen and oxygen atoms in total. The number of rotatable bonds is 3. The summed E-state index contributed by atoms with van der Waals surface area (Å²) in [5.41, 5.74) is 1.84. The van der Waals surface area contributed by atoms with Gasteiger partial charge >= 0.3 is 6.16 Å². The topological polar surface area (TPSA) is 79.4 Å². The summed E-state index contributed by atoms with van der Waals surface area (Å²) in [4.78, 5) is 25.8. The molecule has 0 fully saturated rings. The maximum Gasteiger partial charge on any atom is 0.511 e. The third-order valence-corrected chi connectivity index (χ3v) is 3.10. The minimum absolute atomic E-state index is 0.159. The van der Waals surface area contributed by atoms with E-state index >= 15 is 0 Å². The fourth-order valence-electron chi connectivity index (χ4n) is 2.13. The molecule has 0 amide bonds. The molecule has 3 rings (SSSR count). The number of hydrogen-bond acceptors (Lipinski definition) is 3. The van der Waals surface area contributed by atoms with Gasteiger partial charge in [-0.15, -0.1) is 0 Å². The number of H-pyrrole nitrogens is 1. The van der Waals surface area contributed by atoms with Gasteiger partial charge < -0.3 is 14.8 Å². The molecule has 0 atom stereocenters. The van der Waals surface area contributed by atoms with Crippen LogP contribution in [0.5, 0.6) is 5.75 Å². The second-order valence-electron chi connectivity index (χ2n) is 4.49. The van der Waals surface area contributed by atoms with Crippen molar-refractivity contribution >= 4 is 22.8 Å². The van der Waals surface area contributed by atoms with E-state index in [4.69, 9.17) is 5.11 Å². The summed E-state index contributed by atoms with van der Waals surface area (Å²) < 4.78 is 4.50. The predicted octanol–water partition coefficient (Wildman–Crippen LogP) is 3.46. The largest absolute Gasteiger partial charge is 0.511 e. The molecule has 0 bridgehead atoms. The van der Waals surface area contributed by atoms with Crippen molar-refractivity contribution in [3.05, 3.63) is 65.9 Å². The zero-order valence-corrected chi connectivity index (χ0v) is 10.9. The molecule has 3 aromatic rings. The second kappa shape index (κ2) is 5.13. The zero-order chi connectivity index (χ0) is 14.8. The Balaban J connectivity index is 1.89. The molecular weight excluding hydrogens is 270 g/mol. The molecule has 104 valence electrons. The first-order valence-electron chi connectivity index (χ1n) is 6.27. The van der Waals surface area contributed by atoms with E-state index in [-0.39, 0.29) is 11.5 Å². The van der Waals surface area contributed by atoms with Crippen molar-refractivity contribution in [2.75, 3.05) is 0 Å². The molecule has 5 heteroatoms. The number of aromatic nitrogens is 1. The van der Waals surface area contributed by atoms with Gasteiger partial charge in [0.1, 0.15) is 5.75 Å². The maximum atomic E-state index is 12.4. The van der Waals surface area contributed by atoms with Gasteiger partial charge in [0, 0.05) is 16.5 Å². The summed E-state index contributed by atoms with van der Waals surface area (Å²) in [6, 6.07) is 15.4. The van der Waals surface area contributed by atoms with Crippen molar-refractivity contribution in [1.29, 1.82) is 0 Å². The van der Waals surface area contributed by atoms with Crippen LogP contribution in [0, 0.1) is 0 Å². The number of ketones is 1. The third kappa shape index (κ3) is 2.62. The molecule has 0 aliphatic rings. The molecule has 0 radical (unpaired) electrons. The Kier molecular flexibility index (Phi) is 3.16. The molecule has 0 aliphatic carbocycles. The van der Waals surface area contributed by atoms with Crippen LogP contribution in [0.4, 0.5) is 4.79 Å². The second-order valence-corrected chi connectivity index (χ2v) is 4.49. The van der Waals surface area contributed by atoms with Crippen LogP contribution in [0.2, 0.25) is 0 Å². The van der Waals surface area contributed by atoms with Crippen LogP contribution in [-0.4, -0.2) is 22.0 Å². The number of aromatic amines is 1. The number of carbonyl (C=O) groups is 2. The minimum Gasteiger partial charge on any atom is -0.449 e. The SMILES string of the molecule is O=C(O)Oc1ccc(C(=O)c2cc3ccccc3[nH]2)cc1. The standard InChI is InChI=1S/C16H11NO4/c18-15(10-5-7-12(8-6-10)21-16(19)20)14-9-11-3-1-2-4-13(11)17-14/h1-9,17H,(H,19,20). The summed E-state index contributed by atoms with van der Waals surface area (Å²) in [6.07, 6.45) is -1.38. The summed E-state index contributed by atoms with van der Waals surface area (Å²) in [7, 11) is 0. The summed E-state index contributed by atoms with van der Waals surface area (Å²) in [6.45, 7) is 0. The molecule has 0 saturated heterocycles. The van der Waals surface area contributed by atoms with Gasteiger partial charge in [-0.3, -0.25) is 4.79 Å². The molecule has 0 aliphatic heterocycles. The Hall–Kier alpha value is -3.08. The van der Waals surface area contributed by atoms with E-state index in [0.717, 1.165) is 10.9 Å². The van der Waals surface area contributed by atoms with E-state index in [2.05, 4.69) is 9.72 Å². The van der Waals surface area contributed by atoms with Crippen LogP contribution in [-0.2, 0) is 0 Å². The van der Waals surface area contributed by atoms with E-state index in [1.807, 2.05) is 24.3 Å². The maximum absolute atomic E-state index is 12.4. The monoisotopic (exact) mass is 281 g/mol. The lowest BCUT2D eigenvalue weighted by Crippen LogP contribution is -2.04. The Morgan fingerprint density at radius 2 is 1.71 bits per heavy atom. The highest BCUT2D eigenvalue weighted by atomic mass is 16.7. The Morgan fingerprint density at radius 1 is 1.00 bits per heavy atom. The fraction of sp³-hybridized carbons (Fsp3) is 0. The van der Waals surface area contributed by atoms with Crippen LogP contribution in [0.1, 0.15) is 16.1 Å². The molecule has 2 N–H and O–H groups in total. The van der Waals surface area contributed by atoms with Gasteiger partial charge in [-0.1, -0.05) is 18.2 Å². The van der Waals surface area contributed by atoms with Crippen LogP contribution < -0.4 is 4.74 Å². The molecule has 0 spiro atoms. The molecule has 0 unspecified atom stereocenters. The van der Waals surface area contributed by atoms with Gasteiger partial charge in [-0.05, 0) is 36.4 Å². The molecular formula is C16H11NO4. The number of carboxylic acid groups (broad SMARTS) is 1. The lowest BCUT2D eigenvalue weighted by Gasteiger charge is -2.01. The fourth-order valence-corrected chi connectivity index (χ4v) is 2.13. The van der Waals surface area contributed by atoms with Gasteiger partial charge in [0.2, 0.25) is 5.78 Å². The molecule has 2 aromatic carbocycles. The molecule has 0 saturated carbocycles. The highest BCUT2D eigenvalue weighted by Crippen LogP contribution is 2.19. The lowest BCUT2D eigenvalue weighted by atomic mass is 10.1. The Morgan fingerprint density at radius 3 is 2.38 bits per heavy atom. The van der Waals surface area contributed by atoms with E-state index < -0.39 is 6.16 Å². The third-order valence-electron chi connectivity index (χ3n) is 3.10. The lowest BCUT2D eigenvalue weighted by molar-refractivity contribution is 0.103. The van der Waals surface area contributed by atoms with Crippen molar-refractivity contribution in [2.45, 2.75) is 0 Å². The Labute approximate surface area is 119 Å². The quantitative estimate of drug-likeness (QED) is 0.438. The van der Waals surface area contributed by atoms with E-state index in [0.29, 0.717) is 11.3 Å². The number of carbonyl (C=O) groups excluding carboxylic acids is 1. The Bertz CT molecular complexity index is 785. The number of nitrogens with one attached hydrogen (secondary N) is 1. The summed E-state index contributed by atoms with van der Waals surface area (Å²) in [5, 5.41) is 9.47. The predicted molar refractivity (Wildman–Crippen MR) is 76.8 cm³/mol. The van der Waals surface area contributed by atoms with Crippen LogP contribution in [0.15, 0.2) is 54.6 Å². The molecule has 21 heavy (non-hydrogen) atoms. The van der Waals surface area contributed by atoms with Gasteiger partial charge in [0.15, 0.2) is 0 Å². The van der Waals surface area contributed by atoms with Gasteiger partial charge in [-0.25, -0.2) is 4.79 Å². The van der Waals surface area contributed by atoms with Crippen molar-refractivity contribution in [1.82, 2.24) is 4.98 Å². The van der Waals surface area contributed by atoms with E-state index in [1.54, 1.807) is 6.07 Å². The first-order valence-corrected chi connectivity index (χ1v) is 6.27. The van der Waals surface area contributed by atoms with Crippen LogP contribution >= 0.6 is 0 Å². The first-order chi connectivity index (χ1) is 10.1. The number of benzene rings is 2. The summed E-state index contributed by atoms with van der Waals surface area (Å²) >= 11 is 0. The van der Waals surface area contributed by atoms with Gasteiger partial charge in [0.25, 0.3) is 0 Å². The minimum atomic E-state index is -1.38. The van der Waals surface area contributed by atoms with Gasteiger partial charge in [-0.2, -0.15) is 0 Å². The number of para-hydroxylation sites is 1. The van der Waals surface area contributed by atoms with E-state index in [9.17, 15) is 9.59 Å². The van der Waals surface area contributed by atoms with Crippen molar-refractivity contribution in [3.8, 4) is 5.75 Å². The average molecular weight is 281 g/mol. The van der Waals surface area contributed by atoms with Crippen molar-refractivity contribution < 1.29 is 19.4 Å². The first kappa shape index (κ1) is 12.9.